The number of anilines is 1. The summed E-state index contributed by atoms with van der Waals surface area (Å²) in [6, 6.07) is 11.3. The molecule has 0 radical (unpaired) electrons. The van der Waals surface area contributed by atoms with Gasteiger partial charge in [0, 0.05) is 9.50 Å². The minimum absolute atomic E-state index is 0.201. The molecule has 0 spiro atoms. The molecular weight excluding hydrogens is 356 g/mol. The summed E-state index contributed by atoms with van der Waals surface area (Å²) in [6.07, 6.45) is 0. The summed E-state index contributed by atoms with van der Waals surface area (Å²) in [6.45, 7) is 0. The highest BCUT2D eigenvalue weighted by Gasteiger charge is 2.37. The molecule has 2 aromatic rings. The van der Waals surface area contributed by atoms with Crippen LogP contribution in [0.2, 0.25) is 5.02 Å². The average Bonchev–Trinajstić information content (AvgIpc) is 2.70. The maximum Gasteiger partial charge on any atom is 0.266 e. The molecule has 21 heavy (non-hydrogen) atoms. The van der Waals surface area contributed by atoms with Crippen LogP contribution in [-0.4, -0.2) is 11.8 Å². The molecule has 0 aliphatic carbocycles. The van der Waals surface area contributed by atoms with Crippen molar-refractivity contribution < 1.29 is 9.59 Å². The first-order valence-corrected chi connectivity index (χ1v) is 7.08. The molecule has 0 aromatic heterocycles. The first-order chi connectivity index (χ1) is 10.0. The standard InChI is InChI=1S/C15H6BrClN2O2/c16-9-2-4-11-12(5-9)15(21)19(14(11)20)13-6-10(17)3-1-8(13)7-18/h1-6H. The van der Waals surface area contributed by atoms with E-state index in [-0.39, 0.29) is 11.3 Å². The van der Waals surface area contributed by atoms with Crippen molar-refractivity contribution in [3.8, 4) is 6.07 Å². The molecule has 0 saturated carbocycles. The highest BCUT2D eigenvalue weighted by Crippen LogP contribution is 2.33. The highest BCUT2D eigenvalue weighted by atomic mass is 79.9. The fraction of sp³-hybridized carbons (Fsp3) is 0. The molecule has 1 heterocycles. The van der Waals surface area contributed by atoms with Gasteiger partial charge in [0.2, 0.25) is 0 Å². The second kappa shape index (κ2) is 4.99. The van der Waals surface area contributed by atoms with E-state index >= 15 is 0 Å². The first kappa shape index (κ1) is 13.8. The van der Waals surface area contributed by atoms with Gasteiger partial charge in [-0.15, -0.1) is 0 Å². The molecule has 0 N–H and O–H groups in total. The molecule has 0 bridgehead atoms. The molecule has 102 valence electrons. The van der Waals surface area contributed by atoms with Crippen molar-refractivity contribution in [1.82, 2.24) is 0 Å². The second-order valence-corrected chi connectivity index (χ2v) is 5.76. The predicted molar refractivity (Wildman–Crippen MR) is 81.4 cm³/mol. The Kier molecular flexibility index (Phi) is 3.28. The van der Waals surface area contributed by atoms with Gasteiger partial charge in [-0.05, 0) is 36.4 Å². The zero-order chi connectivity index (χ0) is 15.1. The molecule has 2 amide bonds. The smallest absolute Gasteiger partial charge is 0.266 e. The maximum absolute atomic E-state index is 12.5. The number of benzene rings is 2. The van der Waals surface area contributed by atoms with Crippen molar-refractivity contribution in [3.63, 3.8) is 0 Å². The lowest BCUT2D eigenvalue weighted by atomic mass is 10.1. The Bertz CT molecular complexity index is 842. The number of carbonyl (C=O) groups is 2. The lowest BCUT2D eigenvalue weighted by molar-refractivity contribution is 0.0926. The molecule has 3 rings (SSSR count). The zero-order valence-corrected chi connectivity index (χ0v) is 12.8. The molecule has 0 fully saturated rings. The number of amides is 2. The van der Waals surface area contributed by atoms with E-state index in [4.69, 9.17) is 16.9 Å². The van der Waals surface area contributed by atoms with Crippen molar-refractivity contribution in [2.45, 2.75) is 0 Å². The fourth-order valence-corrected chi connectivity index (χ4v) is 2.74. The Hall–Kier alpha value is -2.16. The number of nitriles is 1. The average molecular weight is 362 g/mol. The number of rotatable bonds is 1. The minimum Gasteiger partial charge on any atom is -0.268 e. The van der Waals surface area contributed by atoms with Gasteiger partial charge in [-0.1, -0.05) is 27.5 Å². The zero-order valence-electron chi connectivity index (χ0n) is 10.4. The highest BCUT2D eigenvalue weighted by molar-refractivity contribution is 9.10. The van der Waals surface area contributed by atoms with Crippen LogP contribution >= 0.6 is 27.5 Å². The normalized spacial score (nSPS) is 13.3. The van der Waals surface area contributed by atoms with Crippen LogP contribution in [0.4, 0.5) is 5.69 Å². The molecule has 4 nitrogen and oxygen atoms in total. The monoisotopic (exact) mass is 360 g/mol. The Morgan fingerprint density at radius 2 is 1.76 bits per heavy atom. The van der Waals surface area contributed by atoms with Crippen LogP contribution in [-0.2, 0) is 0 Å². The Balaban J connectivity index is 2.19. The van der Waals surface area contributed by atoms with E-state index in [0.717, 1.165) is 4.90 Å². The van der Waals surface area contributed by atoms with Gasteiger partial charge in [-0.25, -0.2) is 4.90 Å². The number of hydrogen-bond acceptors (Lipinski definition) is 3. The van der Waals surface area contributed by atoms with Crippen molar-refractivity contribution in [2.24, 2.45) is 0 Å². The van der Waals surface area contributed by atoms with Crippen LogP contribution < -0.4 is 4.90 Å². The summed E-state index contributed by atoms with van der Waals surface area (Å²) in [7, 11) is 0. The van der Waals surface area contributed by atoms with Gasteiger partial charge in [0.25, 0.3) is 11.8 Å². The van der Waals surface area contributed by atoms with E-state index in [1.165, 1.54) is 12.1 Å². The lowest BCUT2D eigenvalue weighted by Crippen LogP contribution is -2.30. The Morgan fingerprint density at radius 3 is 2.48 bits per heavy atom. The predicted octanol–water partition coefficient (Wildman–Crippen LogP) is 3.77. The number of carbonyl (C=O) groups excluding carboxylic acids is 2. The van der Waals surface area contributed by atoms with Gasteiger partial charge >= 0.3 is 0 Å². The molecule has 1 aliphatic heterocycles. The summed E-state index contributed by atoms with van der Waals surface area (Å²) in [4.78, 5) is 25.9. The van der Waals surface area contributed by atoms with E-state index in [2.05, 4.69) is 15.9 Å². The molecule has 1 aliphatic rings. The quantitative estimate of drug-likeness (QED) is 0.726. The molecule has 6 heteroatoms. The number of hydrogen-bond donors (Lipinski definition) is 0. The topological polar surface area (TPSA) is 61.2 Å². The van der Waals surface area contributed by atoms with Crippen molar-refractivity contribution in [2.75, 3.05) is 4.90 Å². The van der Waals surface area contributed by atoms with E-state index in [1.807, 2.05) is 6.07 Å². The minimum atomic E-state index is -0.463. The summed E-state index contributed by atoms with van der Waals surface area (Å²) in [5.41, 5.74) is 1.03. The van der Waals surface area contributed by atoms with Crippen LogP contribution in [0.5, 0.6) is 0 Å². The van der Waals surface area contributed by atoms with Gasteiger partial charge < -0.3 is 0 Å². The maximum atomic E-state index is 12.5. The second-order valence-electron chi connectivity index (χ2n) is 4.41. The molecule has 0 unspecified atom stereocenters. The van der Waals surface area contributed by atoms with Gasteiger partial charge in [-0.2, -0.15) is 5.26 Å². The first-order valence-electron chi connectivity index (χ1n) is 5.91. The third-order valence-corrected chi connectivity index (χ3v) is 3.90. The number of nitrogens with zero attached hydrogens (tertiary/aromatic N) is 2. The third-order valence-electron chi connectivity index (χ3n) is 3.17. The summed E-state index contributed by atoms with van der Waals surface area (Å²) < 4.78 is 0.704. The van der Waals surface area contributed by atoms with Gasteiger partial charge in [0.15, 0.2) is 0 Å². The van der Waals surface area contributed by atoms with Gasteiger partial charge in [0.1, 0.15) is 6.07 Å². The summed E-state index contributed by atoms with van der Waals surface area (Å²) in [5, 5.41) is 9.50. The van der Waals surface area contributed by atoms with Crippen LogP contribution in [0.15, 0.2) is 40.9 Å². The Morgan fingerprint density at radius 1 is 1.05 bits per heavy atom. The van der Waals surface area contributed by atoms with E-state index in [1.54, 1.807) is 24.3 Å². The summed E-state index contributed by atoms with van der Waals surface area (Å²) in [5.74, 6) is -0.920. The molecule has 2 aromatic carbocycles. The van der Waals surface area contributed by atoms with Crippen molar-refractivity contribution in [1.29, 1.82) is 5.26 Å². The SMILES string of the molecule is N#Cc1ccc(Cl)cc1N1C(=O)c2ccc(Br)cc2C1=O. The van der Waals surface area contributed by atoms with Crippen LogP contribution in [0, 0.1) is 11.3 Å². The van der Waals surface area contributed by atoms with E-state index in [9.17, 15) is 9.59 Å². The molecular formula is C15H6BrClN2O2. The van der Waals surface area contributed by atoms with Gasteiger partial charge in [-0.3, -0.25) is 9.59 Å². The van der Waals surface area contributed by atoms with Crippen LogP contribution in [0.3, 0.4) is 0 Å². The molecule has 0 atom stereocenters. The summed E-state index contributed by atoms with van der Waals surface area (Å²) >= 11 is 9.19. The largest absolute Gasteiger partial charge is 0.268 e. The molecule has 0 saturated heterocycles. The fourth-order valence-electron chi connectivity index (χ4n) is 2.22. The Labute approximate surface area is 133 Å². The van der Waals surface area contributed by atoms with E-state index < -0.39 is 11.8 Å². The third kappa shape index (κ3) is 2.13. The van der Waals surface area contributed by atoms with Gasteiger partial charge in [0.05, 0.1) is 22.4 Å². The van der Waals surface area contributed by atoms with E-state index in [0.29, 0.717) is 20.6 Å². The number of fused-ring (bicyclic) bond motifs is 1. The number of halogens is 2. The lowest BCUT2D eigenvalue weighted by Gasteiger charge is -2.15. The number of imide groups is 1. The van der Waals surface area contributed by atoms with Crippen LogP contribution in [0.1, 0.15) is 26.3 Å². The van der Waals surface area contributed by atoms with Crippen LogP contribution in [0.25, 0.3) is 0 Å². The van der Waals surface area contributed by atoms with Crippen molar-refractivity contribution >= 4 is 45.0 Å². The van der Waals surface area contributed by atoms with Crippen molar-refractivity contribution in [3.05, 3.63) is 62.6 Å².